The molecule has 3 fully saturated rings. The molecule has 3 saturated heterocycles. The number of H-pyrrole nitrogens is 1. The molecular formula is C23H28N4O3. The number of nitrogens with one attached hydrogen (secondary N) is 1. The van der Waals surface area contributed by atoms with Crippen molar-refractivity contribution in [2.24, 2.45) is 11.8 Å². The number of amides is 1. The molecule has 7 nitrogen and oxygen atoms in total. The van der Waals surface area contributed by atoms with Crippen LogP contribution in [0.4, 0.5) is 0 Å². The maximum atomic E-state index is 13.0. The molecular weight excluding hydrogens is 380 g/mol. The van der Waals surface area contributed by atoms with E-state index in [9.17, 15) is 14.7 Å². The number of likely N-dealkylation sites (tertiary alicyclic amines) is 1. The minimum atomic E-state index is -0.967. The summed E-state index contributed by atoms with van der Waals surface area (Å²) in [5, 5.41) is 16.0. The smallest absolute Gasteiger partial charge is 0.354 e. The van der Waals surface area contributed by atoms with Crippen LogP contribution in [-0.4, -0.2) is 62.2 Å². The Hall–Kier alpha value is -2.67. The van der Waals surface area contributed by atoms with Crippen molar-refractivity contribution in [2.45, 2.75) is 50.7 Å². The van der Waals surface area contributed by atoms with Gasteiger partial charge in [-0.05, 0) is 43.1 Å². The second-order valence-corrected chi connectivity index (χ2v) is 9.04. The molecule has 2 N–H and O–H groups in total. The number of hydrogen-bond donors (Lipinski definition) is 2. The summed E-state index contributed by atoms with van der Waals surface area (Å²) < 4.78 is 0. The van der Waals surface area contributed by atoms with Crippen LogP contribution in [0.5, 0.6) is 0 Å². The lowest BCUT2D eigenvalue weighted by Gasteiger charge is -2.57. The van der Waals surface area contributed by atoms with Crippen LogP contribution in [-0.2, 0) is 17.8 Å². The first kappa shape index (κ1) is 19.3. The molecule has 0 spiro atoms. The van der Waals surface area contributed by atoms with Gasteiger partial charge in [-0.1, -0.05) is 30.3 Å². The lowest BCUT2D eigenvalue weighted by atomic mass is 9.70. The fourth-order valence-electron chi connectivity index (χ4n) is 5.98. The number of hydrogen-bond acceptors (Lipinski definition) is 4. The van der Waals surface area contributed by atoms with E-state index in [2.05, 4.69) is 44.3 Å². The topological polar surface area (TPSA) is 89.5 Å². The summed E-state index contributed by atoms with van der Waals surface area (Å²) in [6.45, 7) is 2.38. The molecule has 0 radical (unpaired) electrons. The molecule has 5 rings (SSSR count). The molecule has 0 aliphatic carbocycles. The third kappa shape index (κ3) is 3.51. The number of carbonyl (C=O) groups excluding carboxylic acids is 1. The number of carboxylic acid groups (broad SMARTS) is 1. The summed E-state index contributed by atoms with van der Waals surface area (Å²) in [4.78, 5) is 29.0. The van der Waals surface area contributed by atoms with Gasteiger partial charge in [0.15, 0.2) is 0 Å². The first-order valence-electron chi connectivity index (χ1n) is 10.9. The Morgan fingerprint density at radius 3 is 2.80 bits per heavy atom. The molecule has 3 aliphatic rings. The molecule has 4 atom stereocenters. The number of fused-ring (bicyclic) bond motifs is 4. The van der Waals surface area contributed by atoms with Crippen molar-refractivity contribution in [3.05, 3.63) is 53.3 Å². The molecule has 7 heteroatoms. The van der Waals surface area contributed by atoms with Gasteiger partial charge in [-0.2, -0.15) is 5.10 Å². The lowest BCUT2D eigenvalue weighted by molar-refractivity contribution is -0.152. The predicted molar refractivity (Wildman–Crippen MR) is 111 cm³/mol. The molecule has 0 saturated carbocycles. The molecule has 1 amide bonds. The van der Waals surface area contributed by atoms with Crippen LogP contribution in [0.3, 0.4) is 0 Å². The van der Waals surface area contributed by atoms with Crippen LogP contribution < -0.4 is 0 Å². The van der Waals surface area contributed by atoms with E-state index >= 15 is 0 Å². The quantitative estimate of drug-likeness (QED) is 0.794. The number of carboxylic acids is 1. The van der Waals surface area contributed by atoms with Crippen molar-refractivity contribution in [1.82, 2.24) is 20.0 Å². The highest BCUT2D eigenvalue weighted by molar-refractivity contribution is 5.86. The van der Waals surface area contributed by atoms with Crippen molar-refractivity contribution in [1.29, 1.82) is 0 Å². The molecule has 1 aromatic carbocycles. The van der Waals surface area contributed by atoms with Gasteiger partial charge in [0.2, 0.25) is 5.91 Å². The fourth-order valence-corrected chi connectivity index (χ4v) is 5.98. The Labute approximate surface area is 176 Å². The normalized spacial score (nSPS) is 28.9. The highest BCUT2D eigenvalue weighted by atomic mass is 16.4. The van der Waals surface area contributed by atoms with Gasteiger partial charge in [0.05, 0.1) is 6.20 Å². The predicted octanol–water partition coefficient (Wildman–Crippen LogP) is 2.55. The van der Waals surface area contributed by atoms with Gasteiger partial charge >= 0.3 is 5.97 Å². The third-order valence-electron chi connectivity index (χ3n) is 7.19. The number of aromatic nitrogens is 2. The number of rotatable bonds is 5. The average Bonchev–Trinajstić information content (AvgIpc) is 3.20. The number of aromatic carboxylic acids is 1. The first-order chi connectivity index (χ1) is 14.6. The van der Waals surface area contributed by atoms with Crippen molar-refractivity contribution in [3.63, 3.8) is 0 Å². The minimum Gasteiger partial charge on any atom is -0.477 e. The Bertz CT molecular complexity index is 928. The van der Waals surface area contributed by atoms with Gasteiger partial charge in [0, 0.05) is 43.7 Å². The van der Waals surface area contributed by atoms with Crippen molar-refractivity contribution in [2.75, 3.05) is 13.1 Å². The Morgan fingerprint density at radius 1 is 1.20 bits per heavy atom. The zero-order valence-electron chi connectivity index (χ0n) is 17.0. The highest BCUT2D eigenvalue weighted by Gasteiger charge is 2.49. The summed E-state index contributed by atoms with van der Waals surface area (Å²) in [5.41, 5.74) is 2.19. The number of nitrogens with zero attached hydrogens (tertiary/aromatic N) is 3. The van der Waals surface area contributed by atoms with Gasteiger partial charge in [0.25, 0.3) is 0 Å². The van der Waals surface area contributed by atoms with E-state index in [0.717, 1.165) is 44.3 Å². The number of benzene rings is 1. The van der Waals surface area contributed by atoms with Gasteiger partial charge in [0.1, 0.15) is 5.69 Å². The average molecular weight is 409 g/mol. The molecule has 0 unspecified atom stereocenters. The Morgan fingerprint density at radius 2 is 2.00 bits per heavy atom. The van der Waals surface area contributed by atoms with E-state index in [1.54, 1.807) is 6.20 Å². The van der Waals surface area contributed by atoms with E-state index in [0.29, 0.717) is 36.8 Å². The zero-order chi connectivity index (χ0) is 20.7. The van der Waals surface area contributed by atoms with Crippen LogP contribution in [0.2, 0.25) is 0 Å². The maximum absolute atomic E-state index is 13.0. The molecule has 2 aromatic rings. The van der Waals surface area contributed by atoms with Gasteiger partial charge in [-0.25, -0.2) is 4.79 Å². The third-order valence-corrected chi connectivity index (χ3v) is 7.19. The van der Waals surface area contributed by atoms with Gasteiger partial charge in [-0.15, -0.1) is 0 Å². The van der Waals surface area contributed by atoms with E-state index in [1.807, 2.05) is 6.07 Å². The second kappa shape index (κ2) is 7.87. The highest BCUT2D eigenvalue weighted by Crippen LogP contribution is 2.42. The molecule has 3 aliphatic heterocycles. The van der Waals surface area contributed by atoms with Crippen LogP contribution in [0.1, 0.15) is 47.3 Å². The van der Waals surface area contributed by atoms with Crippen molar-refractivity contribution < 1.29 is 14.7 Å². The minimum absolute atomic E-state index is 0.182. The maximum Gasteiger partial charge on any atom is 0.354 e. The van der Waals surface area contributed by atoms with E-state index < -0.39 is 5.97 Å². The van der Waals surface area contributed by atoms with Crippen LogP contribution in [0.15, 0.2) is 36.5 Å². The second-order valence-electron chi connectivity index (χ2n) is 9.04. The number of aromatic amines is 1. The summed E-state index contributed by atoms with van der Waals surface area (Å²) in [6, 6.07) is 11.0. The van der Waals surface area contributed by atoms with Crippen LogP contribution in [0.25, 0.3) is 0 Å². The van der Waals surface area contributed by atoms with Crippen LogP contribution >= 0.6 is 0 Å². The molecule has 30 heavy (non-hydrogen) atoms. The molecule has 1 aromatic heterocycles. The van der Waals surface area contributed by atoms with Gasteiger partial charge in [-0.3, -0.25) is 14.8 Å². The number of piperidine rings is 3. The van der Waals surface area contributed by atoms with Crippen molar-refractivity contribution >= 4 is 11.9 Å². The molecule has 158 valence electrons. The molecule has 4 heterocycles. The summed E-state index contributed by atoms with van der Waals surface area (Å²) in [5.74, 6) is 0.215. The largest absolute Gasteiger partial charge is 0.477 e. The zero-order valence-corrected chi connectivity index (χ0v) is 17.0. The van der Waals surface area contributed by atoms with E-state index in [-0.39, 0.29) is 11.7 Å². The summed E-state index contributed by atoms with van der Waals surface area (Å²) >= 11 is 0. The summed E-state index contributed by atoms with van der Waals surface area (Å²) in [6.07, 6.45) is 6.39. The van der Waals surface area contributed by atoms with Gasteiger partial charge < -0.3 is 10.0 Å². The van der Waals surface area contributed by atoms with Crippen LogP contribution in [0, 0.1) is 11.8 Å². The Balaban J connectivity index is 1.41. The van der Waals surface area contributed by atoms with E-state index in [4.69, 9.17) is 0 Å². The Kier molecular flexibility index (Phi) is 5.06. The summed E-state index contributed by atoms with van der Waals surface area (Å²) in [7, 11) is 0. The molecule has 2 bridgehead atoms. The van der Waals surface area contributed by atoms with E-state index in [1.165, 1.54) is 5.56 Å². The lowest BCUT2D eigenvalue weighted by Crippen LogP contribution is -2.65. The SMILES string of the molecule is O=C(O)c1[nH]ncc1CN1C[C@H]2C[C@@H](C1)[C@H](Cc1ccccc1)N1C(=O)CCC[C@@H]21. The monoisotopic (exact) mass is 408 g/mol. The van der Waals surface area contributed by atoms with Crippen molar-refractivity contribution in [3.8, 4) is 0 Å². The standard InChI is InChI=1S/C23H28N4O3/c28-21-8-4-7-19-16-10-17(20(27(19)21)9-15-5-2-1-3-6-15)13-26(12-16)14-18-11-24-25-22(18)23(29)30/h1-3,5-6,11,16-17,19-20H,4,7-10,12-14H2,(H,24,25)(H,29,30)/t16-,17+,19+,20+/m1/s1. The first-order valence-corrected chi connectivity index (χ1v) is 10.9. The fraction of sp³-hybridized carbons (Fsp3) is 0.522. The number of carbonyl (C=O) groups is 2.